The minimum Gasteiger partial charge on any atom is -0.494 e. The molecule has 5 nitrogen and oxygen atoms in total. The van der Waals surface area contributed by atoms with Gasteiger partial charge in [-0.2, -0.15) is 0 Å². The van der Waals surface area contributed by atoms with E-state index >= 15 is 0 Å². The number of benzene rings is 2. The van der Waals surface area contributed by atoms with Gasteiger partial charge in [-0.05, 0) is 55.5 Å². The zero-order chi connectivity index (χ0) is 16.7. The van der Waals surface area contributed by atoms with Crippen molar-refractivity contribution >= 4 is 34.8 Å². The third-order valence-electron chi connectivity index (χ3n) is 2.98. The molecule has 0 bridgehead atoms. The van der Waals surface area contributed by atoms with Gasteiger partial charge >= 0.3 is 0 Å². The highest BCUT2D eigenvalue weighted by atomic mass is 35.5. The average Bonchev–Trinajstić information content (AvgIpc) is 2.57. The van der Waals surface area contributed by atoms with Gasteiger partial charge in [-0.15, -0.1) is 11.6 Å². The van der Waals surface area contributed by atoms with Crippen LogP contribution in [0.5, 0.6) is 5.75 Å². The molecule has 0 radical (unpaired) electrons. The lowest BCUT2D eigenvalue weighted by Crippen LogP contribution is -2.14. The molecular formula is C17H17ClN2O3. The first-order chi connectivity index (χ1) is 11.1. The van der Waals surface area contributed by atoms with Gasteiger partial charge in [-0.1, -0.05) is 0 Å². The number of nitrogens with one attached hydrogen (secondary N) is 2. The van der Waals surface area contributed by atoms with Gasteiger partial charge < -0.3 is 15.4 Å². The van der Waals surface area contributed by atoms with Crippen LogP contribution in [-0.2, 0) is 4.79 Å². The monoisotopic (exact) mass is 332 g/mol. The summed E-state index contributed by atoms with van der Waals surface area (Å²) in [6, 6.07) is 13.7. The molecule has 0 unspecified atom stereocenters. The summed E-state index contributed by atoms with van der Waals surface area (Å²) in [5.74, 6) is 0.118. The summed E-state index contributed by atoms with van der Waals surface area (Å²) in [6.45, 7) is 2.51. The van der Waals surface area contributed by atoms with Crippen molar-refractivity contribution in [3.8, 4) is 5.75 Å². The van der Waals surface area contributed by atoms with E-state index < -0.39 is 0 Å². The SMILES string of the molecule is CCOc1ccc(NC(=O)c2ccc(NC(=O)CCl)cc2)cc1. The van der Waals surface area contributed by atoms with E-state index in [1.807, 2.05) is 6.92 Å². The van der Waals surface area contributed by atoms with E-state index in [-0.39, 0.29) is 17.7 Å². The summed E-state index contributed by atoms with van der Waals surface area (Å²) in [6.07, 6.45) is 0. The minimum atomic E-state index is -0.293. The highest BCUT2D eigenvalue weighted by molar-refractivity contribution is 6.29. The summed E-state index contributed by atoms with van der Waals surface area (Å²) >= 11 is 5.42. The lowest BCUT2D eigenvalue weighted by Gasteiger charge is -2.08. The second kappa shape index (κ2) is 8.19. The summed E-state index contributed by atoms with van der Waals surface area (Å²) in [5, 5.41) is 5.41. The Morgan fingerprint density at radius 3 is 2.09 bits per heavy atom. The van der Waals surface area contributed by atoms with Crippen LogP contribution in [-0.4, -0.2) is 24.3 Å². The molecule has 2 N–H and O–H groups in total. The molecule has 0 aliphatic rings. The Morgan fingerprint density at radius 2 is 1.52 bits per heavy atom. The van der Waals surface area contributed by atoms with E-state index in [0.717, 1.165) is 5.75 Å². The number of hydrogen-bond acceptors (Lipinski definition) is 3. The molecule has 2 rings (SSSR count). The quantitative estimate of drug-likeness (QED) is 0.795. The maximum absolute atomic E-state index is 12.2. The maximum atomic E-state index is 12.2. The van der Waals surface area contributed by atoms with Crippen LogP contribution in [0.25, 0.3) is 0 Å². The maximum Gasteiger partial charge on any atom is 0.255 e. The highest BCUT2D eigenvalue weighted by Crippen LogP contribution is 2.17. The Kier molecular flexibility index (Phi) is 6.00. The molecule has 0 spiro atoms. The topological polar surface area (TPSA) is 67.4 Å². The van der Waals surface area contributed by atoms with Crippen molar-refractivity contribution in [1.29, 1.82) is 0 Å². The Hall–Kier alpha value is -2.53. The van der Waals surface area contributed by atoms with Crippen molar-refractivity contribution in [3.05, 3.63) is 54.1 Å². The minimum absolute atomic E-state index is 0.111. The molecule has 0 saturated carbocycles. The van der Waals surface area contributed by atoms with Gasteiger partial charge in [0.1, 0.15) is 11.6 Å². The highest BCUT2D eigenvalue weighted by Gasteiger charge is 2.07. The number of anilines is 2. The predicted octanol–water partition coefficient (Wildman–Crippen LogP) is 3.51. The summed E-state index contributed by atoms with van der Waals surface area (Å²) in [5.41, 5.74) is 1.76. The van der Waals surface area contributed by atoms with Crippen molar-refractivity contribution in [2.24, 2.45) is 0 Å². The van der Waals surface area contributed by atoms with E-state index in [1.165, 1.54) is 0 Å². The molecule has 6 heteroatoms. The molecule has 120 valence electrons. The number of carbonyl (C=O) groups excluding carboxylic acids is 2. The number of rotatable bonds is 6. The second-order valence-corrected chi connectivity index (χ2v) is 4.94. The van der Waals surface area contributed by atoms with Crippen molar-refractivity contribution < 1.29 is 14.3 Å². The Morgan fingerprint density at radius 1 is 0.957 bits per heavy atom. The van der Waals surface area contributed by atoms with Crippen molar-refractivity contribution in [2.45, 2.75) is 6.92 Å². The molecule has 0 atom stereocenters. The molecule has 0 aromatic heterocycles. The van der Waals surface area contributed by atoms with Crippen molar-refractivity contribution in [2.75, 3.05) is 23.1 Å². The van der Waals surface area contributed by atoms with E-state index in [0.29, 0.717) is 23.5 Å². The third-order valence-corrected chi connectivity index (χ3v) is 3.22. The number of alkyl halides is 1. The summed E-state index contributed by atoms with van der Waals surface area (Å²) < 4.78 is 5.35. The molecule has 0 aliphatic carbocycles. The van der Waals surface area contributed by atoms with Crippen LogP contribution < -0.4 is 15.4 Å². The first-order valence-corrected chi connectivity index (χ1v) is 7.66. The molecular weight excluding hydrogens is 316 g/mol. The lowest BCUT2D eigenvalue weighted by molar-refractivity contribution is -0.113. The molecule has 0 aliphatic heterocycles. The summed E-state index contributed by atoms with van der Waals surface area (Å²) in [4.78, 5) is 23.3. The molecule has 0 saturated heterocycles. The standard InChI is InChI=1S/C17H17ClN2O3/c1-2-23-15-9-7-14(8-10-15)20-17(22)12-3-5-13(6-4-12)19-16(21)11-18/h3-10H,2,11H2,1H3,(H,19,21)(H,20,22). The van der Waals surface area contributed by atoms with Gasteiger partial charge in [0, 0.05) is 16.9 Å². The molecule has 2 aromatic carbocycles. The number of ether oxygens (including phenoxy) is 1. The number of carbonyl (C=O) groups is 2. The van der Waals surface area contributed by atoms with Crippen LogP contribution in [0.1, 0.15) is 17.3 Å². The smallest absolute Gasteiger partial charge is 0.255 e. The largest absolute Gasteiger partial charge is 0.494 e. The fourth-order valence-electron chi connectivity index (χ4n) is 1.90. The van der Waals surface area contributed by atoms with E-state index in [2.05, 4.69) is 10.6 Å². The zero-order valence-corrected chi connectivity index (χ0v) is 13.4. The van der Waals surface area contributed by atoms with Gasteiger partial charge in [-0.25, -0.2) is 0 Å². The molecule has 2 amide bonds. The zero-order valence-electron chi connectivity index (χ0n) is 12.6. The number of hydrogen-bond donors (Lipinski definition) is 2. The fraction of sp³-hybridized carbons (Fsp3) is 0.176. The molecule has 0 heterocycles. The predicted molar refractivity (Wildman–Crippen MR) is 91.4 cm³/mol. The van der Waals surface area contributed by atoms with Crippen LogP contribution in [0.4, 0.5) is 11.4 Å². The lowest BCUT2D eigenvalue weighted by atomic mass is 10.2. The Bertz CT molecular complexity index is 669. The van der Waals surface area contributed by atoms with Crippen LogP contribution in [0, 0.1) is 0 Å². The van der Waals surface area contributed by atoms with Gasteiger partial charge in [0.2, 0.25) is 5.91 Å². The average molecular weight is 333 g/mol. The van der Waals surface area contributed by atoms with E-state index in [4.69, 9.17) is 16.3 Å². The first kappa shape index (κ1) is 16.8. The fourth-order valence-corrected chi connectivity index (χ4v) is 1.97. The van der Waals surface area contributed by atoms with E-state index in [9.17, 15) is 9.59 Å². The second-order valence-electron chi connectivity index (χ2n) is 4.67. The van der Waals surface area contributed by atoms with Crippen molar-refractivity contribution in [3.63, 3.8) is 0 Å². The first-order valence-electron chi connectivity index (χ1n) is 7.12. The van der Waals surface area contributed by atoms with Gasteiger partial charge in [0.05, 0.1) is 6.61 Å². The van der Waals surface area contributed by atoms with Crippen LogP contribution in [0.15, 0.2) is 48.5 Å². The van der Waals surface area contributed by atoms with Crippen molar-refractivity contribution in [1.82, 2.24) is 0 Å². The van der Waals surface area contributed by atoms with Gasteiger partial charge in [-0.3, -0.25) is 9.59 Å². The third kappa shape index (κ3) is 5.00. The van der Waals surface area contributed by atoms with Gasteiger partial charge in [0.15, 0.2) is 0 Å². The molecule has 0 fully saturated rings. The Labute approximate surface area is 139 Å². The van der Waals surface area contributed by atoms with Crippen LogP contribution in [0.2, 0.25) is 0 Å². The number of amides is 2. The van der Waals surface area contributed by atoms with Gasteiger partial charge in [0.25, 0.3) is 5.91 Å². The Balaban J connectivity index is 1.98. The summed E-state index contributed by atoms with van der Waals surface area (Å²) in [7, 11) is 0. The molecule has 2 aromatic rings. The van der Waals surface area contributed by atoms with Crippen LogP contribution >= 0.6 is 11.6 Å². The van der Waals surface area contributed by atoms with Crippen LogP contribution in [0.3, 0.4) is 0 Å². The number of halogens is 1. The molecule has 23 heavy (non-hydrogen) atoms. The van der Waals surface area contributed by atoms with E-state index in [1.54, 1.807) is 48.5 Å². The normalized spacial score (nSPS) is 10.0.